The molecule has 2 N–H and O–H groups in total. The summed E-state index contributed by atoms with van der Waals surface area (Å²) in [6, 6.07) is 35.2. The number of carbonyl (C=O) groups is 1. The van der Waals surface area contributed by atoms with Crippen LogP contribution in [0.5, 0.6) is 11.5 Å². The molecule has 228 valence electrons. The Balaban J connectivity index is 1.29. The Kier molecular flexibility index (Phi) is 11.4. The van der Waals surface area contributed by atoms with Gasteiger partial charge in [-0.25, -0.2) is 4.79 Å². The number of aliphatic hydroxyl groups excluding tert-OH is 1. The molecule has 0 aliphatic heterocycles. The summed E-state index contributed by atoms with van der Waals surface area (Å²) in [6.07, 6.45) is 6.86. The van der Waals surface area contributed by atoms with Crippen molar-refractivity contribution in [3.63, 3.8) is 0 Å². The van der Waals surface area contributed by atoms with Gasteiger partial charge in [-0.2, -0.15) is 0 Å². The highest BCUT2D eigenvalue weighted by Crippen LogP contribution is 2.36. The third-order valence-corrected chi connectivity index (χ3v) is 8.26. The van der Waals surface area contributed by atoms with Gasteiger partial charge in [-0.15, -0.1) is 0 Å². The lowest BCUT2D eigenvalue weighted by molar-refractivity contribution is 0.0734. The van der Waals surface area contributed by atoms with Gasteiger partial charge in [0, 0.05) is 6.54 Å². The van der Waals surface area contributed by atoms with Gasteiger partial charge < -0.3 is 19.9 Å². The summed E-state index contributed by atoms with van der Waals surface area (Å²) in [4.78, 5) is 12.6. The lowest BCUT2D eigenvalue weighted by Crippen LogP contribution is -2.34. The highest BCUT2D eigenvalue weighted by Gasteiger charge is 2.16. The second kappa shape index (κ2) is 16.0. The molecule has 5 heteroatoms. The van der Waals surface area contributed by atoms with Crippen molar-refractivity contribution in [2.24, 2.45) is 5.92 Å². The van der Waals surface area contributed by atoms with Crippen molar-refractivity contribution in [2.75, 3.05) is 19.7 Å². The Morgan fingerprint density at radius 3 is 1.91 bits per heavy atom. The first kappa shape index (κ1) is 31.2. The molecule has 1 unspecified atom stereocenters. The molecular formula is C39H43NO4. The highest BCUT2D eigenvalue weighted by atomic mass is 16.5. The molecule has 1 fully saturated rings. The van der Waals surface area contributed by atoms with Crippen LogP contribution >= 0.6 is 0 Å². The smallest absolute Gasteiger partial charge is 0.343 e. The van der Waals surface area contributed by atoms with Gasteiger partial charge in [0.25, 0.3) is 0 Å². The first-order valence-corrected chi connectivity index (χ1v) is 15.9. The molecular weight excluding hydrogens is 546 g/mol. The molecule has 0 aromatic heterocycles. The Morgan fingerprint density at radius 1 is 0.750 bits per heavy atom. The van der Waals surface area contributed by atoms with Crippen LogP contribution in [-0.2, 0) is 0 Å². The van der Waals surface area contributed by atoms with E-state index in [1.807, 2.05) is 60.7 Å². The maximum atomic E-state index is 12.6. The topological polar surface area (TPSA) is 67.8 Å². The molecule has 1 aliphatic carbocycles. The minimum atomic E-state index is -0.562. The van der Waals surface area contributed by atoms with Gasteiger partial charge in [-0.1, -0.05) is 99.0 Å². The van der Waals surface area contributed by atoms with E-state index in [0.717, 1.165) is 46.9 Å². The number of ether oxygens (including phenoxy) is 2. The van der Waals surface area contributed by atoms with Crippen molar-refractivity contribution in [1.82, 2.24) is 5.32 Å². The Labute approximate surface area is 261 Å². The molecule has 0 amide bonds. The lowest BCUT2D eigenvalue weighted by Gasteiger charge is -2.22. The molecule has 0 radical (unpaired) electrons. The molecule has 1 saturated carbocycles. The fraction of sp³-hybridized carbons (Fsp3) is 0.308. The lowest BCUT2D eigenvalue weighted by atomic mass is 9.88. The minimum Gasteiger partial charge on any atom is -0.491 e. The summed E-state index contributed by atoms with van der Waals surface area (Å²) in [5.41, 5.74) is 6.08. The van der Waals surface area contributed by atoms with Crippen molar-refractivity contribution < 1.29 is 19.4 Å². The van der Waals surface area contributed by atoms with E-state index >= 15 is 0 Å². The standard InChI is InChI=1S/C39H43NO4/c1-2-37(30-14-8-4-9-15-30)38(32-20-24-36(25-21-32)44-39(42)33-16-10-5-11-17-33)31-18-22-35(23-19-31)43-28-34(41)27-40-26-29-12-6-3-7-13-29/h4-5,8-11,14-25,29,34,40-41H,2-3,6-7,12-13,26-28H2,1H3/b38-37+. The fourth-order valence-corrected chi connectivity index (χ4v) is 5.92. The van der Waals surface area contributed by atoms with Crippen LogP contribution in [0.25, 0.3) is 11.1 Å². The first-order valence-electron chi connectivity index (χ1n) is 15.9. The van der Waals surface area contributed by atoms with E-state index in [4.69, 9.17) is 9.47 Å². The number of carbonyl (C=O) groups excluding carboxylic acids is 1. The Morgan fingerprint density at radius 2 is 1.32 bits per heavy atom. The molecule has 0 heterocycles. The van der Waals surface area contributed by atoms with E-state index in [1.165, 1.54) is 37.7 Å². The first-order chi connectivity index (χ1) is 21.6. The van der Waals surface area contributed by atoms with Crippen molar-refractivity contribution in [3.8, 4) is 11.5 Å². The second-order valence-electron chi connectivity index (χ2n) is 11.5. The molecule has 0 saturated heterocycles. The van der Waals surface area contributed by atoms with Gasteiger partial charge in [0.05, 0.1) is 5.56 Å². The van der Waals surface area contributed by atoms with E-state index in [2.05, 4.69) is 48.6 Å². The monoisotopic (exact) mass is 589 g/mol. The molecule has 4 aromatic rings. The van der Waals surface area contributed by atoms with Crippen LogP contribution in [0.4, 0.5) is 0 Å². The maximum Gasteiger partial charge on any atom is 0.343 e. The van der Waals surface area contributed by atoms with Crippen molar-refractivity contribution in [2.45, 2.75) is 51.6 Å². The summed E-state index contributed by atoms with van der Waals surface area (Å²) in [6.45, 7) is 3.92. The van der Waals surface area contributed by atoms with E-state index in [0.29, 0.717) is 17.9 Å². The van der Waals surface area contributed by atoms with Crippen LogP contribution in [0.15, 0.2) is 109 Å². The summed E-state index contributed by atoms with van der Waals surface area (Å²) < 4.78 is 11.6. The third kappa shape index (κ3) is 8.68. The summed E-state index contributed by atoms with van der Waals surface area (Å²) in [5.74, 6) is 1.57. The molecule has 5 nitrogen and oxygen atoms in total. The predicted molar refractivity (Wildman–Crippen MR) is 178 cm³/mol. The maximum absolute atomic E-state index is 12.6. The van der Waals surface area contributed by atoms with Gasteiger partial charge in [-0.3, -0.25) is 0 Å². The van der Waals surface area contributed by atoms with Crippen LogP contribution in [-0.4, -0.2) is 36.9 Å². The average molecular weight is 590 g/mol. The van der Waals surface area contributed by atoms with Crippen molar-refractivity contribution in [3.05, 3.63) is 131 Å². The van der Waals surface area contributed by atoms with Crippen LogP contribution in [0.1, 0.15) is 72.5 Å². The highest BCUT2D eigenvalue weighted by molar-refractivity contribution is 5.98. The van der Waals surface area contributed by atoms with Crippen LogP contribution in [0, 0.1) is 5.92 Å². The molecule has 1 aliphatic rings. The Bertz CT molecular complexity index is 1480. The largest absolute Gasteiger partial charge is 0.491 e. The number of hydrogen-bond acceptors (Lipinski definition) is 5. The molecule has 0 spiro atoms. The van der Waals surface area contributed by atoms with E-state index < -0.39 is 6.10 Å². The fourth-order valence-electron chi connectivity index (χ4n) is 5.92. The SMILES string of the molecule is CC/C(=C(/c1ccc(OCC(O)CNCC2CCCCC2)cc1)c1ccc(OC(=O)c2ccccc2)cc1)c1ccccc1. The number of benzene rings is 4. The number of esters is 1. The zero-order valence-corrected chi connectivity index (χ0v) is 25.6. The third-order valence-electron chi connectivity index (χ3n) is 8.26. The van der Waals surface area contributed by atoms with E-state index in [9.17, 15) is 9.90 Å². The minimum absolute atomic E-state index is 0.243. The summed E-state index contributed by atoms with van der Waals surface area (Å²) >= 11 is 0. The van der Waals surface area contributed by atoms with Crippen LogP contribution < -0.4 is 14.8 Å². The van der Waals surface area contributed by atoms with Gasteiger partial charge in [0.1, 0.15) is 24.2 Å². The molecule has 44 heavy (non-hydrogen) atoms. The predicted octanol–water partition coefficient (Wildman–Crippen LogP) is 8.18. The Hall–Kier alpha value is -4.19. The molecule has 5 rings (SSSR count). The summed E-state index contributed by atoms with van der Waals surface area (Å²) in [7, 11) is 0. The van der Waals surface area contributed by atoms with Gasteiger partial charge in [0.2, 0.25) is 0 Å². The second-order valence-corrected chi connectivity index (χ2v) is 11.5. The molecule has 4 aromatic carbocycles. The van der Waals surface area contributed by atoms with Crippen LogP contribution in [0.2, 0.25) is 0 Å². The van der Waals surface area contributed by atoms with Crippen molar-refractivity contribution in [1.29, 1.82) is 0 Å². The van der Waals surface area contributed by atoms with Gasteiger partial charge >= 0.3 is 5.97 Å². The van der Waals surface area contributed by atoms with Crippen molar-refractivity contribution >= 4 is 17.1 Å². The number of aliphatic hydroxyl groups is 1. The van der Waals surface area contributed by atoms with E-state index in [1.54, 1.807) is 12.1 Å². The van der Waals surface area contributed by atoms with Crippen LogP contribution in [0.3, 0.4) is 0 Å². The van der Waals surface area contributed by atoms with Gasteiger partial charge in [-0.05, 0) is 96.0 Å². The average Bonchev–Trinajstić information content (AvgIpc) is 3.08. The van der Waals surface area contributed by atoms with Gasteiger partial charge in [0.15, 0.2) is 0 Å². The zero-order valence-electron chi connectivity index (χ0n) is 25.6. The quantitative estimate of drug-likeness (QED) is 0.0935. The molecule has 1 atom stereocenters. The molecule has 0 bridgehead atoms. The normalized spacial score (nSPS) is 14.9. The number of hydrogen-bond donors (Lipinski definition) is 2. The summed E-state index contributed by atoms with van der Waals surface area (Å²) in [5, 5.41) is 13.9. The van der Waals surface area contributed by atoms with E-state index in [-0.39, 0.29) is 12.6 Å². The number of allylic oxidation sites excluding steroid dienone is 1. The number of rotatable bonds is 13. The zero-order chi connectivity index (χ0) is 30.6. The number of nitrogens with one attached hydrogen (secondary N) is 1.